The number of nitrogens with two attached hydrogens (primary N) is 1. The van der Waals surface area contributed by atoms with Gasteiger partial charge in [-0.2, -0.15) is 0 Å². The largest absolute Gasteiger partial charge is 0.492 e. The third-order valence-electron chi connectivity index (χ3n) is 2.55. The number of hydrogen-bond acceptors (Lipinski definition) is 4. The van der Waals surface area contributed by atoms with Gasteiger partial charge in [0.25, 0.3) is 0 Å². The van der Waals surface area contributed by atoms with Crippen molar-refractivity contribution in [2.45, 2.75) is 13.0 Å². The second-order valence-electron chi connectivity index (χ2n) is 4.00. The van der Waals surface area contributed by atoms with Crippen molar-refractivity contribution in [1.29, 1.82) is 0 Å². The Kier molecular flexibility index (Phi) is 4.70. The van der Waals surface area contributed by atoms with Crippen LogP contribution in [0, 0.1) is 0 Å². The Balaban J connectivity index is 1.85. The zero-order chi connectivity index (χ0) is 13.7. The first-order chi connectivity index (χ1) is 9.15. The van der Waals surface area contributed by atoms with Gasteiger partial charge in [-0.15, -0.1) is 0 Å². The van der Waals surface area contributed by atoms with Gasteiger partial charge < -0.3 is 15.0 Å². The van der Waals surface area contributed by atoms with E-state index in [-0.39, 0.29) is 4.87 Å². The Bertz CT molecular complexity index is 602. The molecule has 0 fully saturated rings. The summed E-state index contributed by atoms with van der Waals surface area (Å²) in [6.07, 6.45) is 2.36. The molecule has 2 aromatic rings. The summed E-state index contributed by atoms with van der Waals surface area (Å²) in [5, 5.41) is 1.77. The Morgan fingerprint density at radius 3 is 2.68 bits per heavy atom. The maximum Gasteiger partial charge on any atom is 0.307 e. The van der Waals surface area contributed by atoms with Crippen LogP contribution in [0.4, 0.5) is 0 Å². The minimum Gasteiger partial charge on any atom is -0.492 e. The number of hydrogen-bond donors (Lipinski definition) is 1. The molecule has 100 valence electrons. The highest BCUT2D eigenvalue weighted by molar-refractivity contribution is 7.80. The summed E-state index contributed by atoms with van der Waals surface area (Å²) in [4.78, 5) is 11.8. The molecular formula is C13H14N2O2S2. The van der Waals surface area contributed by atoms with E-state index in [1.807, 2.05) is 24.3 Å². The lowest BCUT2D eigenvalue weighted by atomic mass is 10.1. The van der Waals surface area contributed by atoms with E-state index in [4.69, 9.17) is 22.7 Å². The highest BCUT2D eigenvalue weighted by Gasteiger charge is 1.99. The molecule has 6 heteroatoms. The second kappa shape index (κ2) is 6.49. The molecule has 2 rings (SSSR count). The fraction of sp³-hybridized carbons (Fsp3) is 0.231. The minimum absolute atomic E-state index is 0.0374. The molecule has 19 heavy (non-hydrogen) atoms. The van der Waals surface area contributed by atoms with Crippen molar-refractivity contribution in [3.63, 3.8) is 0 Å². The number of ether oxygens (including phenoxy) is 1. The summed E-state index contributed by atoms with van der Waals surface area (Å²) in [6.45, 7) is 1.02. The Morgan fingerprint density at radius 1 is 1.37 bits per heavy atom. The van der Waals surface area contributed by atoms with E-state index in [0.717, 1.165) is 11.3 Å². The van der Waals surface area contributed by atoms with Crippen molar-refractivity contribution >= 4 is 28.5 Å². The van der Waals surface area contributed by atoms with E-state index in [9.17, 15) is 4.79 Å². The lowest BCUT2D eigenvalue weighted by Crippen LogP contribution is -2.16. The van der Waals surface area contributed by atoms with E-state index < -0.39 is 0 Å². The minimum atomic E-state index is 0.0374. The highest BCUT2D eigenvalue weighted by atomic mass is 32.1. The van der Waals surface area contributed by atoms with Crippen molar-refractivity contribution in [2.75, 3.05) is 6.61 Å². The topological polar surface area (TPSA) is 57.2 Å². The third-order valence-corrected chi connectivity index (χ3v) is 3.39. The SMILES string of the molecule is NC(=S)Cc1ccc(OCCn2ccsc2=O)cc1. The van der Waals surface area contributed by atoms with Crippen LogP contribution in [-0.2, 0) is 13.0 Å². The smallest absolute Gasteiger partial charge is 0.307 e. The van der Waals surface area contributed by atoms with Gasteiger partial charge >= 0.3 is 4.87 Å². The molecule has 1 aromatic carbocycles. The molecule has 2 N–H and O–H groups in total. The molecule has 0 aliphatic rings. The molecule has 0 spiro atoms. The standard InChI is InChI=1S/C13H14N2O2S2/c14-12(18)9-10-1-3-11(4-2-10)17-7-5-15-6-8-19-13(15)16/h1-4,6,8H,5,7,9H2,(H2,14,18). The van der Waals surface area contributed by atoms with Gasteiger partial charge in [-0.3, -0.25) is 4.79 Å². The quantitative estimate of drug-likeness (QED) is 0.826. The molecule has 0 amide bonds. The van der Waals surface area contributed by atoms with Gasteiger partial charge in [0.2, 0.25) is 0 Å². The van der Waals surface area contributed by atoms with E-state index in [1.54, 1.807) is 16.1 Å². The van der Waals surface area contributed by atoms with Crippen LogP contribution in [0.2, 0.25) is 0 Å². The van der Waals surface area contributed by atoms with Gasteiger partial charge in [0.15, 0.2) is 0 Å². The van der Waals surface area contributed by atoms with Gasteiger partial charge in [0.05, 0.1) is 11.5 Å². The summed E-state index contributed by atoms with van der Waals surface area (Å²) in [7, 11) is 0. The molecule has 0 aliphatic heterocycles. The molecule has 0 atom stereocenters. The van der Waals surface area contributed by atoms with E-state index in [0.29, 0.717) is 24.6 Å². The average Bonchev–Trinajstić information content (AvgIpc) is 2.77. The molecule has 1 aromatic heterocycles. The van der Waals surface area contributed by atoms with Gasteiger partial charge in [-0.25, -0.2) is 0 Å². The summed E-state index contributed by atoms with van der Waals surface area (Å²) < 4.78 is 7.21. The number of nitrogens with zero attached hydrogens (tertiary/aromatic N) is 1. The predicted octanol–water partition coefficient (Wildman–Crippen LogP) is 1.82. The van der Waals surface area contributed by atoms with Crippen molar-refractivity contribution < 1.29 is 4.74 Å². The second-order valence-corrected chi connectivity index (χ2v) is 5.38. The molecule has 0 saturated heterocycles. The number of aromatic nitrogens is 1. The molecule has 0 unspecified atom stereocenters. The molecule has 0 radical (unpaired) electrons. The van der Waals surface area contributed by atoms with Crippen molar-refractivity contribution in [1.82, 2.24) is 4.57 Å². The maximum absolute atomic E-state index is 11.3. The summed E-state index contributed by atoms with van der Waals surface area (Å²) in [6, 6.07) is 7.63. The predicted molar refractivity (Wildman–Crippen MR) is 81.0 cm³/mol. The van der Waals surface area contributed by atoms with Crippen LogP contribution in [0.15, 0.2) is 40.6 Å². The van der Waals surface area contributed by atoms with E-state index in [1.165, 1.54) is 11.3 Å². The van der Waals surface area contributed by atoms with Crippen LogP contribution < -0.4 is 15.3 Å². The van der Waals surface area contributed by atoms with Crippen LogP contribution in [0.1, 0.15) is 5.56 Å². The van der Waals surface area contributed by atoms with Gasteiger partial charge in [-0.05, 0) is 17.7 Å². The van der Waals surface area contributed by atoms with Gasteiger partial charge in [0, 0.05) is 18.0 Å². The van der Waals surface area contributed by atoms with E-state index >= 15 is 0 Å². The number of benzene rings is 1. The highest BCUT2D eigenvalue weighted by Crippen LogP contribution is 2.12. The molecule has 0 aliphatic carbocycles. The van der Waals surface area contributed by atoms with Crippen LogP contribution in [0.5, 0.6) is 5.75 Å². The monoisotopic (exact) mass is 294 g/mol. The molecule has 0 bridgehead atoms. The molecular weight excluding hydrogens is 280 g/mol. The third kappa shape index (κ3) is 4.18. The fourth-order valence-electron chi connectivity index (χ4n) is 1.62. The fourth-order valence-corrected chi connectivity index (χ4v) is 2.40. The van der Waals surface area contributed by atoms with Crippen LogP contribution in [0.3, 0.4) is 0 Å². The number of thiazole rings is 1. The van der Waals surface area contributed by atoms with Crippen LogP contribution >= 0.6 is 23.6 Å². The lowest BCUT2D eigenvalue weighted by Gasteiger charge is -2.07. The Labute approximate surface area is 120 Å². The number of thiocarbonyl (C=S) groups is 1. The van der Waals surface area contributed by atoms with E-state index in [2.05, 4.69) is 0 Å². The summed E-state index contributed by atoms with van der Waals surface area (Å²) >= 11 is 6.04. The molecule has 1 heterocycles. The first-order valence-electron chi connectivity index (χ1n) is 5.79. The lowest BCUT2D eigenvalue weighted by molar-refractivity contribution is 0.297. The van der Waals surface area contributed by atoms with Crippen molar-refractivity contribution in [3.05, 3.63) is 51.1 Å². The summed E-state index contributed by atoms with van der Waals surface area (Å²) in [5.74, 6) is 0.773. The normalized spacial score (nSPS) is 10.3. The van der Waals surface area contributed by atoms with Crippen molar-refractivity contribution in [2.24, 2.45) is 5.73 Å². The van der Waals surface area contributed by atoms with Crippen molar-refractivity contribution in [3.8, 4) is 5.75 Å². The average molecular weight is 294 g/mol. The van der Waals surface area contributed by atoms with Gasteiger partial charge in [0.1, 0.15) is 12.4 Å². The Hall–Kier alpha value is -1.66. The number of rotatable bonds is 6. The Morgan fingerprint density at radius 2 is 2.11 bits per heavy atom. The van der Waals surface area contributed by atoms with Gasteiger partial charge in [-0.1, -0.05) is 35.7 Å². The first kappa shape index (κ1) is 13.8. The maximum atomic E-state index is 11.3. The summed E-state index contributed by atoms with van der Waals surface area (Å²) in [5.41, 5.74) is 6.54. The zero-order valence-corrected chi connectivity index (χ0v) is 11.9. The zero-order valence-electron chi connectivity index (χ0n) is 10.2. The van der Waals surface area contributed by atoms with Crippen LogP contribution in [0.25, 0.3) is 0 Å². The molecule has 0 saturated carbocycles. The van der Waals surface area contributed by atoms with Crippen LogP contribution in [-0.4, -0.2) is 16.2 Å². The first-order valence-corrected chi connectivity index (χ1v) is 7.08. The molecule has 4 nitrogen and oxygen atoms in total.